The van der Waals surface area contributed by atoms with Crippen LogP contribution in [0.5, 0.6) is 17.2 Å². The van der Waals surface area contributed by atoms with Crippen molar-refractivity contribution in [3.05, 3.63) is 54.1 Å². The molecule has 0 saturated heterocycles. The highest BCUT2D eigenvalue weighted by Crippen LogP contribution is 2.25. The summed E-state index contributed by atoms with van der Waals surface area (Å²) in [6.07, 6.45) is 0.114. The molecule has 0 unspecified atom stereocenters. The fraction of sp³-hybridized carbons (Fsp3) is 0.133. The number of hydrogen-bond acceptors (Lipinski definition) is 5. The molecule has 112 valence electrons. The van der Waals surface area contributed by atoms with E-state index >= 15 is 0 Å². The Morgan fingerprint density at radius 1 is 1.00 bits per heavy atom. The molecule has 0 aliphatic carbocycles. The summed E-state index contributed by atoms with van der Waals surface area (Å²) in [6, 6.07) is 11.8. The van der Waals surface area contributed by atoms with Gasteiger partial charge in [0.15, 0.2) is 11.5 Å². The van der Waals surface area contributed by atoms with Crippen LogP contribution < -0.4 is 5.73 Å². The van der Waals surface area contributed by atoms with Crippen LogP contribution in [0.25, 0.3) is 0 Å². The van der Waals surface area contributed by atoms with Gasteiger partial charge in [-0.05, 0) is 36.2 Å². The molecule has 2 aromatic rings. The smallest absolute Gasteiger partial charge is 0.320 e. The van der Waals surface area contributed by atoms with Crippen molar-refractivity contribution in [2.24, 2.45) is 5.73 Å². The molecule has 2 aromatic carbocycles. The SMILES string of the molecule is N[C@@H](Cc1ccc(O)c(O)c1)C(=O)O.Oc1ccccc1. The van der Waals surface area contributed by atoms with Gasteiger partial charge in [-0.1, -0.05) is 24.3 Å². The van der Waals surface area contributed by atoms with Crippen molar-refractivity contribution in [2.45, 2.75) is 12.5 Å². The number of aliphatic carboxylic acids is 1. The number of para-hydroxylation sites is 1. The first-order valence-corrected chi connectivity index (χ1v) is 6.13. The maximum atomic E-state index is 10.4. The van der Waals surface area contributed by atoms with E-state index in [2.05, 4.69) is 0 Å². The molecule has 0 amide bonds. The zero-order valence-corrected chi connectivity index (χ0v) is 11.2. The van der Waals surface area contributed by atoms with E-state index in [1.165, 1.54) is 18.2 Å². The van der Waals surface area contributed by atoms with Crippen molar-refractivity contribution in [3.8, 4) is 17.2 Å². The average molecular weight is 291 g/mol. The molecule has 0 aliphatic heterocycles. The Morgan fingerprint density at radius 3 is 2.05 bits per heavy atom. The van der Waals surface area contributed by atoms with Crippen molar-refractivity contribution in [1.82, 2.24) is 0 Å². The summed E-state index contributed by atoms with van der Waals surface area (Å²) >= 11 is 0. The minimum atomic E-state index is -1.10. The van der Waals surface area contributed by atoms with Crippen LogP contribution in [0.2, 0.25) is 0 Å². The minimum absolute atomic E-state index is 0.114. The summed E-state index contributed by atoms with van der Waals surface area (Å²) in [5.41, 5.74) is 5.86. The highest BCUT2D eigenvalue weighted by Gasteiger charge is 2.12. The molecular weight excluding hydrogens is 274 g/mol. The van der Waals surface area contributed by atoms with E-state index in [0.29, 0.717) is 11.3 Å². The van der Waals surface area contributed by atoms with E-state index in [4.69, 9.17) is 26.2 Å². The molecule has 0 aromatic heterocycles. The van der Waals surface area contributed by atoms with Gasteiger partial charge in [-0.25, -0.2) is 0 Å². The van der Waals surface area contributed by atoms with E-state index in [9.17, 15) is 4.79 Å². The lowest BCUT2D eigenvalue weighted by Gasteiger charge is -2.06. The molecule has 0 spiro atoms. The molecule has 0 bridgehead atoms. The molecule has 6 heteroatoms. The van der Waals surface area contributed by atoms with E-state index in [1.807, 2.05) is 6.07 Å². The topological polar surface area (TPSA) is 124 Å². The number of phenols is 3. The first-order chi connectivity index (χ1) is 9.90. The molecule has 0 saturated carbocycles. The molecular formula is C15H17NO5. The van der Waals surface area contributed by atoms with Gasteiger partial charge in [0.1, 0.15) is 11.8 Å². The fourth-order valence-electron chi connectivity index (χ4n) is 1.47. The number of benzene rings is 2. The van der Waals surface area contributed by atoms with Crippen molar-refractivity contribution in [3.63, 3.8) is 0 Å². The summed E-state index contributed by atoms with van der Waals surface area (Å²) in [5.74, 6) is -1.29. The van der Waals surface area contributed by atoms with Gasteiger partial charge in [-0.15, -0.1) is 0 Å². The van der Waals surface area contributed by atoms with Gasteiger partial charge in [-0.3, -0.25) is 4.79 Å². The van der Waals surface area contributed by atoms with Gasteiger partial charge in [0.05, 0.1) is 0 Å². The molecule has 6 N–H and O–H groups in total. The number of phenolic OH excluding ortho intramolecular Hbond substituents is 3. The molecule has 2 rings (SSSR count). The van der Waals surface area contributed by atoms with E-state index in [-0.39, 0.29) is 17.9 Å². The van der Waals surface area contributed by atoms with Gasteiger partial charge in [0.2, 0.25) is 0 Å². The van der Waals surface area contributed by atoms with Crippen molar-refractivity contribution < 1.29 is 25.2 Å². The van der Waals surface area contributed by atoms with Gasteiger partial charge in [0.25, 0.3) is 0 Å². The second kappa shape index (κ2) is 7.76. The molecule has 6 nitrogen and oxygen atoms in total. The summed E-state index contributed by atoms with van der Waals surface area (Å²) in [4.78, 5) is 10.4. The highest BCUT2D eigenvalue weighted by atomic mass is 16.4. The van der Waals surface area contributed by atoms with Gasteiger partial charge in [-0.2, -0.15) is 0 Å². The summed E-state index contributed by atoms with van der Waals surface area (Å²) in [5, 5.41) is 35.3. The van der Waals surface area contributed by atoms with Gasteiger partial charge < -0.3 is 26.2 Å². The Hall–Kier alpha value is -2.73. The van der Waals surface area contributed by atoms with Crippen molar-refractivity contribution >= 4 is 5.97 Å². The van der Waals surface area contributed by atoms with E-state index in [0.717, 1.165) is 0 Å². The van der Waals surface area contributed by atoms with E-state index < -0.39 is 12.0 Å². The normalized spacial score (nSPS) is 11.1. The quantitative estimate of drug-likeness (QED) is 0.545. The lowest BCUT2D eigenvalue weighted by Crippen LogP contribution is -2.32. The van der Waals surface area contributed by atoms with Crippen LogP contribution in [0.3, 0.4) is 0 Å². The van der Waals surface area contributed by atoms with Gasteiger partial charge in [0, 0.05) is 0 Å². The van der Waals surface area contributed by atoms with Crippen LogP contribution in [-0.4, -0.2) is 32.4 Å². The largest absolute Gasteiger partial charge is 0.508 e. The van der Waals surface area contributed by atoms with E-state index in [1.54, 1.807) is 24.3 Å². The van der Waals surface area contributed by atoms with Crippen molar-refractivity contribution in [1.29, 1.82) is 0 Å². The van der Waals surface area contributed by atoms with Crippen LogP contribution in [0.1, 0.15) is 5.56 Å². The molecule has 0 fully saturated rings. The van der Waals surface area contributed by atoms with Crippen LogP contribution in [0, 0.1) is 0 Å². The lowest BCUT2D eigenvalue weighted by atomic mass is 10.1. The maximum absolute atomic E-state index is 10.4. The van der Waals surface area contributed by atoms with Crippen LogP contribution in [-0.2, 0) is 11.2 Å². The van der Waals surface area contributed by atoms with Gasteiger partial charge >= 0.3 is 5.97 Å². The number of carbonyl (C=O) groups is 1. The second-order valence-electron chi connectivity index (χ2n) is 4.31. The lowest BCUT2D eigenvalue weighted by molar-refractivity contribution is -0.138. The number of carboxylic acids is 1. The predicted molar refractivity (Wildman–Crippen MR) is 77.2 cm³/mol. The molecule has 1 atom stereocenters. The Kier molecular flexibility index (Phi) is 6.03. The summed E-state index contributed by atoms with van der Waals surface area (Å²) in [7, 11) is 0. The average Bonchev–Trinajstić information content (AvgIpc) is 2.44. The molecule has 21 heavy (non-hydrogen) atoms. The predicted octanol–water partition coefficient (Wildman–Crippen LogP) is 1.44. The third-order valence-corrected chi connectivity index (χ3v) is 2.57. The fourth-order valence-corrected chi connectivity index (χ4v) is 1.47. The zero-order chi connectivity index (χ0) is 15.8. The monoisotopic (exact) mass is 291 g/mol. The Morgan fingerprint density at radius 2 is 1.62 bits per heavy atom. The zero-order valence-electron chi connectivity index (χ0n) is 11.2. The minimum Gasteiger partial charge on any atom is -0.508 e. The Balaban J connectivity index is 0.000000262. The number of rotatable bonds is 3. The third-order valence-electron chi connectivity index (χ3n) is 2.57. The number of hydrogen-bond donors (Lipinski definition) is 5. The molecule has 0 heterocycles. The standard InChI is InChI=1S/C9H11NO4.C6H6O/c10-6(9(13)14)3-5-1-2-7(11)8(12)4-5;7-6-4-2-1-3-5-6/h1-2,4,6,11-12H,3,10H2,(H,13,14);1-5,7H/t6-;/m0./s1. The number of aromatic hydroxyl groups is 3. The van der Waals surface area contributed by atoms with Crippen LogP contribution in [0.15, 0.2) is 48.5 Å². The summed E-state index contributed by atoms with van der Waals surface area (Å²) < 4.78 is 0. The Bertz CT molecular complexity index is 586. The highest BCUT2D eigenvalue weighted by molar-refractivity contribution is 5.73. The number of nitrogens with two attached hydrogens (primary N) is 1. The maximum Gasteiger partial charge on any atom is 0.320 e. The first kappa shape index (κ1) is 16.3. The Labute approximate surface area is 121 Å². The third kappa shape index (κ3) is 5.84. The van der Waals surface area contributed by atoms with Crippen molar-refractivity contribution in [2.75, 3.05) is 0 Å². The molecule has 0 aliphatic rings. The van der Waals surface area contributed by atoms with Crippen LogP contribution >= 0.6 is 0 Å². The number of carboxylic acid groups (broad SMARTS) is 1. The first-order valence-electron chi connectivity index (χ1n) is 6.13. The van der Waals surface area contributed by atoms with Crippen LogP contribution in [0.4, 0.5) is 0 Å². The summed E-state index contributed by atoms with van der Waals surface area (Å²) in [6.45, 7) is 0. The molecule has 0 radical (unpaired) electrons. The second-order valence-corrected chi connectivity index (χ2v) is 4.31.